The third kappa shape index (κ3) is 4.23. The Morgan fingerprint density at radius 3 is 2.37 bits per heavy atom. The number of piperidine rings is 2. The molecule has 0 aromatic heterocycles. The lowest BCUT2D eigenvalue weighted by Crippen LogP contribution is -2.56. The van der Waals surface area contributed by atoms with E-state index in [2.05, 4.69) is 0 Å². The number of carbonyl (C=O) groups is 2. The van der Waals surface area contributed by atoms with Crippen molar-refractivity contribution in [2.75, 3.05) is 19.6 Å². The number of hydrogen-bond acceptors (Lipinski definition) is 5. The second kappa shape index (κ2) is 8.08. The number of likely N-dealkylation sites (tertiary alicyclic amines) is 1. The lowest BCUT2D eigenvalue weighted by molar-refractivity contribution is -0.137. The van der Waals surface area contributed by atoms with Gasteiger partial charge in [-0.3, -0.25) is 9.59 Å². The van der Waals surface area contributed by atoms with Gasteiger partial charge >= 0.3 is 0 Å². The van der Waals surface area contributed by atoms with E-state index >= 15 is 0 Å². The second-order valence-corrected chi connectivity index (χ2v) is 9.29. The van der Waals surface area contributed by atoms with Crippen LogP contribution in [0.4, 0.5) is 0 Å². The first-order valence-electron chi connectivity index (χ1n) is 9.48. The molecule has 2 aliphatic heterocycles. The molecular formula is C19H27N3O4S. The van der Waals surface area contributed by atoms with Crippen LogP contribution in [0, 0.1) is 0 Å². The molecule has 2 atom stereocenters. The van der Waals surface area contributed by atoms with Crippen LogP contribution in [0.5, 0.6) is 0 Å². The summed E-state index contributed by atoms with van der Waals surface area (Å²) in [7, 11) is -3.81. The highest BCUT2D eigenvalue weighted by atomic mass is 32.2. The third-order valence-corrected chi connectivity index (χ3v) is 7.30. The smallest absolute Gasteiger partial charge is 0.243 e. The molecule has 1 aromatic carbocycles. The Kier molecular flexibility index (Phi) is 5.98. The molecule has 2 N–H and O–H groups in total. The van der Waals surface area contributed by atoms with Gasteiger partial charge in [-0.05, 0) is 44.7 Å². The molecular weight excluding hydrogens is 366 g/mol. The summed E-state index contributed by atoms with van der Waals surface area (Å²) < 4.78 is 27.7. The monoisotopic (exact) mass is 393 g/mol. The maximum absolute atomic E-state index is 13.2. The summed E-state index contributed by atoms with van der Waals surface area (Å²) in [5, 5.41) is 0. The van der Waals surface area contributed by atoms with Gasteiger partial charge in [-0.25, -0.2) is 8.42 Å². The van der Waals surface area contributed by atoms with E-state index in [0.717, 1.165) is 25.7 Å². The van der Waals surface area contributed by atoms with Gasteiger partial charge in [-0.1, -0.05) is 18.6 Å². The maximum Gasteiger partial charge on any atom is 0.243 e. The Balaban J connectivity index is 1.85. The summed E-state index contributed by atoms with van der Waals surface area (Å²) in [6.45, 7) is 2.88. The fourth-order valence-electron chi connectivity index (χ4n) is 3.86. The van der Waals surface area contributed by atoms with Gasteiger partial charge in [0.15, 0.2) is 5.78 Å². The average molecular weight is 394 g/mol. The topological polar surface area (TPSA) is 101 Å². The lowest BCUT2D eigenvalue weighted by Gasteiger charge is -2.39. The van der Waals surface area contributed by atoms with Crippen LogP contribution < -0.4 is 5.73 Å². The molecule has 27 heavy (non-hydrogen) atoms. The molecule has 0 saturated carbocycles. The molecule has 7 nitrogen and oxygen atoms in total. The number of hydrogen-bond donors (Lipinski definition) is 1. The minimum absolute atomic E-state index is 0.0459. The van der Waals surface area contributed by atoms with Gasteiger partial charge in [0.2, 0.25) is 15.9 Å². The van der Waals surface area contributed by atoms with Crippen LogP contribution in [-0.2, 0) is 14.8 Å². The number of carbonyl (C=O) groups excluding carboxylic acids is 2. The number of sulfonamides is 1. The van der Waals surface area contributed by atoms with Crippen molar-refractivity contribution in [3.8, 4) is 0 Å². The van der Waals surface area contributed by atoms with Crippen molar-refractivity contribution in [3.63, 3.8) is 0 Å². The first-order chi connectivity index (χ1) is 12.8. The van der Waals surface area contributed by atoms with Gasteiger partial charge in [0.25, 0.3) is 0 Å². The molecule has 0 spiro atoms. The van der Waals surface area contributed by atoms with Gasteiger partial charge in [-0.2, -0.15) is 4.31 Å². The van der Waals surface area contributed by atoms with Crippen molar-refractivity contribution >= 4 is 21.7 Å². The van der Waals surface area contributed by atoms with Crippen molar-refractivity contribution in [1.29, 1.82) is 0 Å². The molecule has 2 saturated heterocycles. The Morgan fingerprint density at radius 1 is 1.04 bits per heavy atom. The summed E-state index contributed by atoms with van der Waals surface area (Å²) in [5.74, 6) is -0.264. The van der Waals surface area contributed by atoms with Crippen molar-refractivity contribution in [1.82, 2.24) is 9.21 Å². The first kappa shape index (κ1) is 20.0. The molecule has 0 bridgehead atoms. The maximum atomic E-state index is 13.2. The van der Waals surface area contributed by atoms with Crippen LogP contribution in [0.1, 0.15) is 49.4 Å². The zero-order chi connectivity index (χ0) is 19.6. The van der Waals surface area contributed by atoms with E-state index in [1.165, 1.54) is 35.5 Å². The highest BCUT2D eigenvalue weighted by Gasteiger charge is 2.40. The predicted octanol–water partition coefficient (Wildman–Crippen LogP) is 1.38. The summed E-state index contributed by atoms with van der Waals surface area (Å²) in [5.41, 5.74) is 6.45. The van der Waals surface area contributed by atoms with E-state index in [0.29, 0.717) is 31.6 Å². The molecule has 8 heteroatoms. The average Bonchev–Trinajstić information content (AvgIpc) is 2.67. The van der Waals surface area contributed by atoms with Crippen LogP contribution in [0.15, 0.2) is 29.2 Å². The van der Waals surface area contributed by atoms with Gasteiger partial charge in [0.05, 0.1) is 4.90 Å². The standard InChI is InChI=1S/C19H27N3O4S/c1-14(23)15-7-9-17(10-8-15)27(25,26)22-12-3-2-6-18(22)19(24)21-11-4-5-16(20)13-21/h7-10,16,18H,2-6,11-13,20H2,1H3. The van der Waals surface area contributed by atoms with Gasteiger partial charge in [0.1, 0.15) is 6.04 Å². The van der Waals surface area contributed by atoms with Crippen LogP contribution in [-0.4, -0.2) is 61.0 Å². The largest absolute Gasteiger partial charge is 0.340 e. The third-order valence-electron chi connectivity index (χ3n) is 5.38. The minimum Gasteiger partial charge on any atom is -0.340 e. The quantitative estimate of drug-likeness (QED) is 0.779. The SMILES string of the molecule is CC(=O)c1ccc(S(=O)(=O)N2CCCCC2C(=O)N2CCCC(N)C2)cc1. The molecule has 1 amide bonds. The highest BCUT2D eigenvalue weighted by Crippen LogP contribution is 2.27. The number of ketones is 1. The summed E-state index contributed by atoms with van der Waals surface area (Å²) in [6.07, 6.45) is 3.81. The van der Waals surface area contributed by atoms with Gasteiger partial charge < -0.3 is 10.6 Å². The normalized spacial score (nSPS) is 24.6. The van der Waals surface area contributed by atoms with E-state index < -0.39 is 16.1 Å². The molecule has 3 rings (SSSR count). The van der Waals surface area contributed by atoms with E-state index in [-0.39, 0.29) is 22.6 Å². The van der Waals surface area contributed by atoms with Crippen LogP contribution in [0.25, 0.3) is 0 Å². The molecule has 2 heterocycles. The van der Waals surface area contributed by atoms with Crippen molar-refractivity contribution in [2.45, 2.75) is 56.0 Å². The van der Waals surface area contributed by atoms with Crippen molar-refractivity contribution in [3.05, 3.63) is 29.8 Å². The number of benzene rings is 1. The lowest BCUT2D eigenvalue weighted by atomic mass is 10.0. The van der Waals surface area contributed by atoms with Crippen LogP contribution >= 0.6 is 0 Å². The molecule has 2 aliphatic rings. The Labute approximate surface area is 160 Å². The van der Waals surface area contributed by atoms with Gasteiger partial charge in [0, 0.05) is 31.2 Å². The van der Waals surface area contributed by atoms with Gasteiger partial charge in [-0.15, -0.1) is 0 Å². The molecule has 0 aliphatic carbocycles. The Hall–Kier alpha value is -1.77. The number of rotatable bonds is 4. The summed E-state index contributed by atoms with van der Waals surface area (Å²) in [6, 6.07) is 5.19. The number of nitrogens with zero attached hydrogens (tertiary/aromatic N) is 2. The fourth-order valence-corrected chi connectivity index (χ4v) is 5.51. The summed E-state index contributed by atoms with van der Waals surface area (Å²) >= 11 is 0. The van der Waals surface area contributed by atoms with Crippen molar-refractivity contribution in [2.24, 2.45) is 5.73 Å². The van der Waals surface area contributed by atoms with E-state index in [4.69, 9.17) is 5.73 Å². The van der Waals surface area contributed by atoms with Crippen LogP contribution in [0.3, 0.4) is 0 Å². The summed E-state index contributed by atoms with van der Waals surface area (Å²) in [4.78, 5) is 26.3. The first-order valence-corrected chi connectivity index (χ1v) is 10.9. The van der Waals surface area contributed by atoms with E-state index in [1.54, 1.807) is 4.90 Å². The minimum atomic E-state index is -3.81. The number of nitrogens with two attached hydrogens (primary N) is 1. The number of amides is 1. The predicted molar refractivity (Wildman–Crippen MR) is 102 cm³/mol. The molecule has 2 fully saturated rings. The fraction of sp³-hybridized carbons (Fsp3) is 0.579. The highest BCUT2D eigenvalue weighted by molar-refractivity contribution is 7.89. The van der Waals surface area contributed by atoms with Crippen molar-refractivity contribution < 1.29 is 18.0 Å². The molecule has 148 valence electrons. The molecule has 1 aromatic rings. The Bertz CT molecular complexity index is 807. The zero-order valence-electron chi connectivity index (χ0n) is 15.6. The van der Waals surface area contributed by atoms with E-state index in [9.17, 15) is 18.0 Å². The Morgan fingerprint density at radius 2 is 1.74 bits per heavy atom. The van der Waals surface area contributed by atoms with E-state index in [1.807, 2.05) is 0 Å². The second-order valence-electron chi connectivity index (χ2n) is 7.39. The molecule has 2 unspecified atom stereocenters. The van der Waals surface area contributed by atoms with Crippen LogP contribution in [0.2, 0.25) is 0 Å². The molecule has 0 radical (unpaired) electrons. The zero-order valence-corrected chi connectivity index (χ0v) is 16.5. The number of Topliss-reactive ketones (excluding diaryl/α,β-unsaturated/α-hetero) is 1.